The third-order valence-electron chi connectivity index (χ3n) is 14.6. The van der Waals surface area contributed by atoms with Gasteiger partial charge in [-0.2, -0.15) is 0 Å². The number of hydrogen-bond acceptors (Lipinski definition) is 4. The minimum atomic E-state index is -0.990. The van der Waals surface area contributed by atoms with Crippen LogP contribution < -0.4 is 0 Å². The smallest absolute Gasteiger partial charge is 0.136 e. The first-order valence-corrected chi connectivity index (χ1v) is 25.5. The fraction of sp³-hybridized carbons (Fsp3) is 0.673. The summed E-state index contributed by atoms with van der Waals surface area (Å²) in [4.78, 5) is 9.29. The molecule has 1 N–H and O–H groups in total. The van der Waals surface area contributed by atoms with Crippen molar-refractivity contribution in [1.82, 2.24) is 0 Å². The van der Waals surface area contributed by atoms with Crippen LogP contribution in [0.4, 0.5) is 4.39 Å². The molecule has 5 heteroatoms. The van der Waals surface area contributed by atoms with Gasteiger partial charge in [0, 0.05) is 29.3 Å². The van der Waals surface area contributed by atoms with Crippen LogP contribution in [0.1, 0.15) is 226 Å². The van der Waals surface area contributed by atoms with Crippen LogP contribution >= 0.6 is 34.0 Å². The molecule has 2 bridgehead atoms. The second-order valence-electron chi connectivity index (χ2n) is 25.4. The van der Waals surface area contributed by atoms with E-state index in [1.165, 1.54) is 59.4 Å². The molecule has 9 rings (SSSR count). The second kappa shape index (κ2) is 16.0. The molecule has 2 saturated carbocycles. The summed E-state index contributed by atoms with van der Waals surface area (Å²) in [5.74, 6) is 1.30. The first kappa shape index (κ1) is 47.7. The summed E-state index contributed by atoms with van der Waals surface area (Å²) in [6.45, 7) is 41.5. The molecule has 0 amide bonds. The molecule has 3 heterocycles. The third kappa shape index (κ3) is 10.1. The quantitative estimate of drug-likeness (QED) is 0.202. The minimum Gasteiger partial charge on any atom is -0.388 e. The van der Waals surface area contributed by atoms with Crippen molar-refractivity contribution in [3.8, 4) is 0 Å². The Morgan fingerprint density at radius 2 is 1.15 bits per heavy atom. The second-order valence-corrected chi connectivity index (χ2v) is 28.8. The number of alkyl halides is 1. The standard InChI is InChI=1S/C15H24S.C14H20OS.C13H17F.C13H20S/c1-13(2,3)12-8-10-11(16-12)9-14(4,5)15(10,6)7;1-14(2,3)11-7-10-12(15)8-4-5-9(6-8)13(10)16-11;1-12(2,3)10-4-6-11(7-5-10)13(14)8-9-13;1-12(2,3)11-6-9-7-13(4,5)8-10(9)14-11/h8H,9H2,1-7H3;7-9,12,15H,4-6H2,1-3H3;4-7H,8-9H2,1-3H3;6H,7-8H2,1-5H3. The van der Waals surface area contributed by atoms with Crippen LogP contribution in [0.15, 0.2) is 42.5 Å². The maximum atomic E-state index is 13.7. The molecule has 0 saturated heterocycles. The topological polar surface area (TPSA) is 20.2 Å². The normalized spacial score (nSPS) is 23.8. The zero-order chi connectivity index (χ0) is 44.8. The highest BCUT2D eigenvalue weighted by atomic mass is 32.1. The number of halogens is 1. The Balaban J connectivity index is 0.000000134. The predicted octanol–water partition coefficient (Wildman–Crippen LogP) is 17.0. The van der Waals surface area contributed by atoms with E-state index >= 15 is 0 Å². The lowest BCUT2D eigenvalue weighted by molar-refractivity contribution is 0.105. The van der Waals surface area contributed by atoms with Crippen molar-refractivity contribution in [3.05, 3.63) is 99.5 Å². The molecule has 332 valence electrons. The molecule has 3 unspecified atom stereocenters. The van der Waals surface area contributed by atoms with E-state index in [9.17, 15) is 9.50 Å². The Labute approximate surface area is 378 Å². The lowest BCUT2D eigenvalue weighted by atomic mass is 9.68. The summed E-state index contributed by atoms with van der Waals surface area (Å²) in [7, 11) is 0. The van der Waals surface area contributed by atoms with E-state index in [2.05, 4.69) is 155 Å². The summed E-state index contributed by atoms with van der Waals surface area (Å²) in [6, 6.07) is 15.2. The molecule has 3 atom stereocenters. The number of thiophene rings is 3. The molecule has 60 heavy (non-hydrogen) atoms. The van der Waals surface area contributed by atoms with Crippen LogP contribution in [0.2, 0.25) is 0 Å². The van der Waals surface area contributed by atoms with Gasteiger partial charge < -0.3 is 5.11 Å². The van der Waals surface area contributed by atoms with Crippen LogP contribution in [0.25, 0.3) is 0 Å². The van der Waals surface area contributed by atoms with E-state index in [-0.39, 0.29) is 16.9 Å². The molecule has 0 radical (unpaired) electrons. The monoisotopic (exact) mass is 873 g/mol. The highest BCUT2D eigenvalue weighted by Crippen LogP contribution is 2.56. The van der Waals surface area contributed by atoms with E-state index in [1.54, 1.807) is 30.6 Å². The Morgan fingerprint density at radius 3 is 1.65 bits per heavy atom. The van der Waals surface area contributed by atoms with Gasteiger partial charge in [0.15, 0.2) is 0 Å². The van der Waals surface area contributed by atoms with Crippen LogP contribution in [-0.2, 0) is 52.0 Å². The largest absolute Gasteiger partial charge is 0.388 e. The predicted molar refractivity (Wildman–Crippen MR) is 263 cm³/mol. The zero-order valence-corrected chi connectivity index (χ0v) is 43.4. The summed E-state index contributed by atoms with van der Waals surface area (Å²) < 4.78 is 13.7. The number of hydrogen-bond donors (Lipinski definition) is 1. The van der Waals surface area contributed by atoms with Crippen molar-refractivity contribution in [2.45, 2.75) is 221 Å². The molecular weight excluding hydrogens is 792 g/mol. The van der Waals surface area contributed by atoms with Crippen LogP contribution in [0.3, 0.4) is 0 Å². The summed E-state index contributed by atoms with van der Waals surface area (Å²) in [5, 5.41) is 10.3. The number of aliphatic hydroxyl groups is 1. The maximum absolute atomic E-state index is 13.7. The average molecular weight is 873 g/mol. The van der Waals surface area contributed by atoms with Crippen molar-refractivity contribution in [2.75, 3.05) is 0 Å². The van der Waals surface area contributed by atoms with Gasteiger partial charge >= 0.3 is 0 Å². The Kier molecular flexibility index (Phi) is 12.7. The van der Waals surface area contributed by atoms with E-state index < -0.39 is 5.67 Å². The van der Waals surface area contributed by atoms with Gasteiger partial charge in [0.2, 0.25) is 0 Å². The number of rotatable bonds is 1. The van der Waals surface area contributed by atoms with Gasteiger partial charge in [-0.25, -0.2) is 4.39 Å². The maximum Gasteiger partial charge on any atom is 0.136 e. The number of fused-ring (bicyclic) bond motifs is 6. The summed E-state index contributed by atoms with van der Waals surface area (Å²) >= 11 is 6.01. The molecule has 1 nitrogen and oxygen atoms in total. The lowest BCUT2D eigenvalue weighted by Crippen LogP contribution is -2.32. The third-order valence-corrected chi connectivity index (χ3v) is 19.5. The van der Waals surface area contributed by atoms with Gasteiger partial charge in [-0.3, -0.25) is 0 Å². The van der Waals surface area contributed by atoms with Gasteiger partial charge in [-0.1, -0.05) is 149 Å². The van der Waals surface area contributed by atoms with E-state index in [1.807, 2.05) is 46.1 Å². The summed E-state index contributed by atoms with van der Waals surface area (Å²) in [5.41, 5.74) is 7.86. The molecule has 4 aromatic rings. The van der Waals surface area contributed by atoms with E-state index in [4.69, 9.17) is 0 Å². The average Bonchev–Trinajstić information content (AvgIpc) is 3.70. The Bertz CT molecular complexity index is 2050. The lowest BCUT2D eigenvalue weighted by Gasteiger charge is -2.35. The Hall–Kier alpha value is -1.79. The van der Waals surface area contributed by atoms with Crippen LogP contribution in [-0.4, -0.2) is 5.11 Å². The molecule has 1 aromatic carbocycles. The van der Waals surface area contributed by atoms with Crippen molar-refractivity contribution in [2.24, 2.45) is 16.7 Å². The van der Waals surface area contributed by atoms with Crippen molar-refractivity contribution < 1.29 is 9.50 Å². The minimum absolute atomic E-state index is 0.158. The van der Waals surface area contributed by atoms with Gasteiger partial charge in [-0.05, 0) is 147 Å². The molecule has 2 fully saturated rings. The van der Waals surface area contributed by atoms with Gasteiger partial charge in [0.05, 0.1) is 6.10 Å². The van der Waals surface area contributed by atoms with Gasteiger partial charge in [-0.15, -0.1) is 34.0 Å². The fourth-order valence-electron chi connectivity index (χ4n) is 9.40. The van der Waals surface area contributed by atoms with Crippen molar-refractivity contribution in [3.63, 3.8) is 0 Å². The van der Waals surface area contributed by atoms with Crippen LogP contribution in [0, 0.1) is 16.7 Å². The molecule has 5 aliphatic carbocycles. The SMILES string of the molecule is CC(C)(C)c1cc2c(s1)C1CCC(C1)C2O.CC(C)(C)c1cc2c(s1)CC(C)(C)C2(C)C.CC(C)(C)c1ccc(C2(F)CC2)cc1.CC1(C)Cc2cc(C(C)(C)C)sc2C1. The number of aliphatic hydroxyl groups excluding tert-OH is 1. The zero-order valence-electron chi connectivity index (χ0n) is 41.0. The highest BCUT2D eigenvalue weighted by molar-refractivity contribution is 7.13. The van der Waals surface area contributed by atoms with Crippen molar-refractivity contribution in [1.29, 1.82) is 0 Å². The molecule has 0 spiro atoms. The van der Waals surface area contributed by atoms with Crippen molar-refractivity contribution >= 4 is 34.0 Å². The van der Waals surface area contributed by atoms with Gasteiger partial charge in [0.25, 0.3) is 0 Å². The number of benzene rings is 1. The van der Waals surface area contributed by atoms with E-state index in [0.29, 0.717) is 45.8 Å². The van der Waals surface area contributed by atoms with Crippen LogP contribution in [0.5, 0.6) is 0 Å². The Morgan fingerprint density at radius 1 is 0.617 bits per heavy atom. The molecular formula is C55H81FOS3. The first-order valence-electron chi connectivity index (χ1n) is 23.1. The molecule has 0 aliphatic heterocycles. The fourth-order valence-corrected chi connectivity index (χ4v) is 13.9. The molecule has 3 aromatic heterocycles. The van der Waals surface area contributed by atoms with Gasteiger partial charge in [0.1, 0.15) is 5.67 Å². The highest BCUT2D eigenvalue weighted by Gasteiger charge is 2.47. The van der Waals surface area contributed by atoms with E-state index in [0.717, 1.165) is 11.5 Å². The first-order chi connectivity index (χ1) is 27.2. The molecule has 5 aliphatic rings. The summed E-state index contributed by atoms with van der Waals surface area (Å²) in [6.07, 6.45) is 8.74.